The van der Waals surface area contributed by atoms with Crippen LogP contribution in [0.1, 0.15) is 32.3 Å². The van der Waals surface area contributed by atoms with Gasteiger partial charge in [0.2, 0.25) is 0 Å². The molecule has 0 aliphatic rings. The maximum Gasteiger partial charge on any atom is 0.0474 e. The second-order valence-corrected chi connectivity index (χ2v) is 2.89. The van der Waals surface area contributed by atoms with Crippen molar-refractivity contribution in [1.29, 1.82) is 0 Å². The number of hydrogen-bond donors (Lipinski definition) is 1. The summed E-state index contributed by atoms with van der Waals surface area (Å²) in [7, 11) is 0. The minimum absolute atomic E-state index is 0. The molecule has 1 rings (SSSR count). The summed E-state index contributed by atoms with van der Waals surface area (Å²) in [5.74, 6) is 0.612. The van der Waals surface area contributed by atoms with Gasteiger partial charge in [0.1, 0.15) is 0 Å². The molecule has 0 saturated carbocycles. The molecule has 0 spiro atoms. The van der Waals surface area contributed by atoms with Crippen LogP contribution in [0.5, 0.6) is 0 Å². The molecule has 0 aliphatic carbocycles. The summed E-state index contributed by atoms with van der Waals surface area (Å²) in [6.45, 7) is 4.36. The van der Waals surface area contributed by atoms with Gasteiger partial charge in [-0.05, 0) is 5.56 Å². The van der Waals surface area contributed by atoms with E-state index < -0.39 is 0 Å². The maximum atomic E-state index is 5.53. The van der Waals surface area contributed by atoms with Crippen LogP contribution in [0.3, 0.4) is 0 Å². The Labute approximate surface area is 86.7 Å². The first-order chi connectivity index (χ1) is 5.85. The largest absolute Gasteiger partial charge is 0.344 e. The van der Waals surface area contributed by atoms with Crippen LogP contribution in [0.15, 0.2) is 30.3 Å². The number of alkyl halides is 1. The van der Waals surface area contributed by atoms with E-state index in [9.17, 15) is 0 Å². The first kappa shape index (κ1) is 15.0. The molecule has 2 heteroatoms. The summed E-state index contributed by atoms with van der Waals surface area (Å²) in [5, 5.41) is 0. The lowest BCUT2D eigenvalue weighted by atomic mass is 10.2. The normalized spacial score (nSPS) is 7.92. The predicted octanol–water partition coefficient (Wildman–Crippen LogP) is 4.39. The van der Waals surface area contributed by atoms with Crippen LogP contribution in [0.2, 0.25) is 0 Å². The Morgan fingerprint density at radius 1 is 1.00 bits per heavy atom. The zero-order valence-corrected chi connectivity index (χ0v) is 9.35. The highest BCUT2D eigenvalue weighted by molar-refractivity contribution is 6.17. The molecule has 0 saturated heterocycles. The molecule has 3 N–H and O–H groups in total. The number of rotatable bonds is 2. The van der Waals surface area contributed by atoms with Crippen LogP contribution >= 0.6 is 11.6 Å². The standard InChI is InChI=1S/C7H7Cl.C4H10.H3N/c8-6-7-4-2-1-3-5-7;1-3-4-2;/h1-5H,6H2;3-4H2,1-2H3;1H3. The molecule has 0 heterocycles. The summed E-state index contributed by atoms with van der Waals surface area (Å²) >= 11 is 5.53. The smallest absolute Gasteiger partial charge is 0.0474 e. The number of halogens is 1. The Morgan fingerprint density at radius 2 is 1.46 bits per heavy atom. The van der Waals surface area contributed by atoms with E-state index in [2.05, 4.69) is 13.8 Å². The Bertz CT molecular complexity index is 173. The van der Waals surface area contributed by atoms with Gasteiger partial charge in [-0.2, -0.15) is 0 Å². The molecule has 76 valence electrons. The average molecular weight is 202 g/mol. The molecule has 0 fully saturated rings. The molecule has 0 aromatic heterocycles. The number of benzene rings is 1. The molecule has 0 radical (unpaired) electrons. The van der Waals surface area contributed by atoms with Gasteiger partial charge in [0.15, 0.2) is 0 Å². The van der Waals surface area contributed by atoms with Crippen molar-refractivity contribution < 1.29 is 0 Å². The van der Waals surface area contributed by atoms with E-state index in [4.69, 9.17) is 11.6 Å². The summed E-state index contributed by atoms with van der Waals surface area (Å²) in [4.78, 5) is 0. The molecule has 0 unspecified atom stereocenters. The number of unbranched alkanes of at least 4 members (excludes halogenated alkanes) is 1. The topological polar surface area (TPSA) is 35.0 Å². The third kappa shape index (κ3) is 9.38. The molecule has 1 aromatic rings. The van der Waals surface area contributed by atoms with Crippen molar-refractivity contribution in [2.45, 2.75) is 32.6 Å². The highest BCUT2D eigenvalue weighted by Crippen LogP contribution is 2.00. The SMILES string of the molecule is CCCC.ClCc1ccccc1.N. The molecular formula is C11H20ClN. The van der Waals surface area contributed by atoms with Gasteiger partial charge in [0, 0.05) is 5.88 Å². The zero-order valence-electron chi connectivity index (χ0n) is 8.59. The van der Waals surface area contributed by atoms with Gasteiger partial charge in [-0.3, -0.25) is 0 Å². The summed E-state index contributed by atoms with van der Waals surface area (Å²) in [6, 6.07) is 9.96. The van der Waals surface area contributed by atoms with Crippen molar-refractivity contribution in [1.82, 2.24) is 6.15 Å². The third-order valence-corrected chi connectivity index (χ3v) is 1.81. The predicted molar refractivity (Wildman–Crippen MR) is 61.6 cm³/mol. The van der Waals surface area contributed by atoms with E-state index in [-0.39, 0.29) is 6.15 Å². The van der Waals surface area contributed by atoms with Crippen molar-refractivity contribution in [3.05, 3.63) is 35.9 Å². The van der Waals surface area contributed by atoms with Crippen LogP contribution in [-0.4, -0.2) is 0 Å². The van der Waals surface area contributed by atoms with Gasteiger partial charge < -0.3 is 6.15 Å². The van der Waals surface area contributed by atoms with E-state index in [0.717, 1.165) is 0 Å². The monoisotopic (exact) mass is 201 g/mol. The highest BCUT2D eigenvalue weighted by Gasteiger charge is 1.81. The van der Waals surface area contributed by atoms with Gasteiger partial charge in [-0.1, -0.05) is 57.0 Å². The van der Waals surface area contributed by atoms with E-state index in [1.165, 1.54) is 18.4 Å². The molecule has 0 atom stereocenters. The zero-order chi connectivity index (χ0) is 9.23. The van der Waals surface area contributed by atoms with E-state index in [0.29, 0.717) is 5.88 Å². The highest BCUT2D eigenvalue weighted by atomic mass is 35.5. The Morgan fingerprint density at radius 3 is 1.69 bits per heavy atom. The fourth-order valence-corrected chi connectivity index (χ4v) is 0.745. The van der Waals surface area contributed by atoms with Gasteiger partial charge in [0.05, 0.1) is 0 Å². The Kier molecular flexibility index (Phi) is 13.2. The molecular weight excluding hydrogens is 182 g/mol. The fraction of sp³-hybridized carbons (Fsp3) is 0.455. The van der Waals surface area contributed by atoms with Crippen LogP contribution in [0.25, 0.3) is 0 Å². The van der Waals surface area contributed by atoms with Gasteiger partial charge >= 0.3 is 0 Å². The minimum Gasteiger partial charge on any atom is -0.344 e. The van der Waals surface area contributed by atoms with Crippen molar-refractivity contribution in [3.8, 4) is 0 Å². The average Bonchev–Trinajstić information content (AvgIpc) is 2.19. The Balaban J connectivity index is 0. The van der Waals surface area contributed by atoms with E-state index in [1.807, 2.05) is 30.3 Å². The second-order valence-electron chi connectivity index (χ2n) is 2.62. The van der Waals surface area contributed by atoms with E-state index in [1.54, 1.807) is 0 Å². The van der Waals surface area contributed by atoms with Crippen LogP contribution < -0.4 is 6.15 Å². The van der Waals surface area contributed by atoms with Crippen molar-refractivity contribution in [2.24, 2.45) is 0 Å². The molecule has 0 bridgehead atoms. The third-order valence-electron chi connectivity index (χ3n) is 1.50. The van der Waals surface area contributed by atoms with Crippen molar-refractivity contribution in [3.63, 3.8) is 0 Å². The first-order valence-electron chi connectivity index (χ1n) is 4.45. The lowest BCUT2D eigenvalue weighted by Crippen LogP contribution is -1.71. The maximum absolute atomic E-state index is 5.53. The summed E-state index contributed by atoms with van der Waals surface area (Å²) < 4.78 is 0. The van der Waals surface area contributed by atoms with Crippen molar-refractivity contribution in [2.75, 3.05) is 0 Å². The van der Waals surface area contributed by atoms with Gasteiger partial charge in [0.25, 0.3) is 0 Å². The molecule has 0 aliphatic heterocycles. The van der Waals surface area contributed by atoms with E-state index >= 15 is 0 Å². The molecule has 1 aromatic carbocycles. The van der Waals surface area contributed by atoms with Crippen molar-refractivity contribution >= 4 is 11.6 Å². The van der Waals surface area contributed by atoms with Gasteiger partial charge in [-0.25, -0.2) is 0 Å². The summed E-state index contributed by atoms with van der Waals surface area (Å²) in [6.07, 6.45) is 2.64. The van der Waals surface area contributed by atoms with Crippen LogP contribution in [0, 0.1) is 0 Å². The first-order valence-corrected chi connectivity index (χ1v) is 4.98. The second kappa shape index (κ2) is 11.5. The lowest BCUT2D eigenvalue weighted by molar-refractivity contribution is 0.886. The Hall–Kier alpha value is -0.530. The molecule has 1 nitrogen and oxygen atoms in total. The quantitative estimate of drug-likeness (QED) is 0.708. The molecule has 0 amide bonds. The molecule has 13 heavy (non-hydrogen) atoms. The van der Waals surface area contributed by atoms with Crippen LogP contribution in [-0.2, 0) is 5.88 Å². The lowest BCUT2D eigenvalue weighted by Gasteiger charge is -1.88. The van der Waals surface area contributed by atoms with Crippen LogP contribution in [0.4, 0.5) is 0 Å². The fourth-order valence-electron chi connectivity index (χ4n) is 0.567. The van der Waals surface area contributed by atoms with Gasteiger partial charge in [-0.15, -0.1) is 11.6 Å². The number of hydrogen-bond acceptors (Lipinski definition) is 1. The summed E-state index contributed by atoms with van der Waals surface area (Å²) in [5.41, 5.74) is 1.18. The minimum atomic E-state index is 0.